The number of alkyl halides is 3. The number of sulfonamides is 1. The molecule has 1 heterocycles. The Morgan fingerprint density at radius 2 is 1.69 bits per heavy atom. The van der Waals surface area contributed by atoms with Gasteiger partial charge in [0.05, 0.1) is 4.90 Å². The molecule has 8 nitrogen and oxygen atoms in total. The molecule has 1 fully saturated rings. The number of carboxylic acids is 1. The molecule has 2 N–H and O–H groups in total. The highest BCUT2D eigenvalue weighted by Crippen LogP contribution is 2.20. The highest BCUT2D eigenvalue weighted by Gasteiger charge is 2.38. The summed E-state index contributed by atoms with van der Waals surface area (Å²) >= 11 is 3.32. The fraction of sp³-hybridized carbons (Fsp3) is 0.579. The first kappa shape index (κ1) is 28.3. The summed E-state index contributed by atoms with van der Waals surface area (Å²) in [6, 6.07) is 6.63. The molecule has 0 radical (unpaired) electrons. The average Bonchev–Trinajstić information content (AvgIpc) is 2.74. The van der Waals surface area contributed by atoms with Gasteiger partial charge in [0.25, 0.3) is 0 Å². The van der Waals surface area contributed by atoms with Crippen LogP contribution in [0, 0.1) is 0 Å². The van der Waals surface area contributed by atoms with Gasteiger partial charge in [0, 0.05) is 50.2 Å². The summed E-state index contributed by atoms with van der Waals surface area (Å²) in [5.41, 5.74) is 0. The fourth-order valence-electron chi connectivity index (χ4n) is 2.73. The summed E-state index contributed by atoms with van der Waals surface area (Å²) in [6.45, 7) is 5.65. The van der Waals surface area contributed by atoms with Crippen molar-refractivity contribution in [3.8, 4) is 0 Å². The van der Waals surface area contributed by atoms with Gasteiger partial charge < -0.3 is 15.3 Å². The summed E-state index contributed by atoms with van der Waals surface area (Å²) in [6.07, 6.45) is -3.19. The maximum Gasteiger partial charge on any atom is 0.490 e. The maximum atomic E-state index is 12.9. The van der Waals surface area contributed by atoms with Crippen LogP contribution in [0.2, 0.25) is 0 Å². The van der Waals surface area contributed by atoms with Crippen molar-refractivity contribution < 1.29 is 36.3 Å². The van der Waals surface area contributed by atoms with Gasteiger partial charge in [0.2, 0.25) is 15.9 Å². The molecule has 0 unspecified atom stereocenters. The first-order valence-corrected chi connectivity index (χ1v) is 12.2. The number of hydrogen-bond acceptors (Lipinski definition) is 5. The van der Waals surface area contributed by atoms with Gasteiger partial charge >= 0.3 is 12.1 Å². The third-order valence-corrected chi connectivity index (χ3v) is 6.94. The van der Waals surface area contributed by atoms with Crippen LogP contribution in [0.25, 0.3) is 0 Å². The van der Waals surface area contributed by atoms with Crippen LogP contribution in [0.4, 0.5) is 13.2 Å². The van der Waals surface area contributed by atoms with E-state index in [4.69, 9.17) is 9.90 Å². The lowest BCUT2D eigenvalue weighted by Crippen LogP contribution is -2.47. The SMILES string of the molecule is CCCCN(CCC(=O)N1CCNCC1)S(=O)(=O)c1ccc(Br)cc1.O=C(O)C(F)(F)F. The molecule has 0 spiro atoms. The number of nitrogens with one attached hydrogen (secondary N) is 1. The Labute approximate surface area is 193 Å². The maximum absolute atomic E-state index is 12.9. The molecule has 0 bridgehead atoms. The Bertz CT molecular complexity index is 845. The first-order valence-electron chi connectivity index (χ1n) is 9.94. The van der Waals surface area contributed by atoms with E-state index >= 15 is 0 Å². The van der Waals surface area contributed by atoms with Crippen LogP contribution in [0.3, 0.4) is 0 Å². The van der Waals surface area contributed by atoms with E-state index in [0.29, 0.717) is 19.6 Å². The normalized spacial score (nSPS) is 14.6. The molecule has 1 amide bonds. The van der Waals surface area contributed by atoms with Gasteiger partial charge in [-0.2, -0.15) is 17.5 Å². The highest BCUT2D eigenvalue weighted by molar-refractivity contribution is 9.10. The molecule has 1 saturated heterocycles. The second-order valence-corrected chi connectivity index (χ2v) is 9.75. The lowest BCUT2D eigenvalue weighted by Gasteiger charge is -2.28. The standard InChI is InChI=1S/C17H26BrN3O3S.C2HF3O2/c1-2-3-11-21(12-8-17(22)20-13-9-19-10-14-20)25(23,24)16-6-4-15(18)5-7-16;3-2(4,5)1(6)7/h4-7,19H,2-3,8-14H2,1H3;(H,6,7). The third-order valence-electron chi connectivity index (χ3n) is 4.50. The minimum absolute atomic E-state index is 0.0222. The van der Waals surface area contributed by atoms with E-state index in [2.05, 4.69) is 21.2 Å². The zero-order valence-corrected chi connectivity index (χ0v) is 20.0. The zero-order valence-electron chi connectivity index (χ0n) is 17.6. The van der Waals surface area contributed by atoms with Gasteiger partial charge in [0.1, 0.15) is 0 Å². The summed E-state index contributed by atoms with van der Waals surface area (Å²) in [7, 11) is -3.59. The van der Waals surface area contributed by atoms with Crippen LogP contribution in [-0.2, 0) is 19.6 Å². The van der Waals surface area contributed by atoms with Crippen molar-refractivity contribution in [2.24, 2.45) is 0 Å². The Hall–Kier alpha value is -1.70. The lowest BCUT2D eigenvalue weighted by atomic mass is 10.3. The second-order valence-electron chi connectivity index (χ2n) is 6.90. The summed E-state index contributed by atoms with van der Waals surface area (Å²) in [5, 5.41) is 10.3. The summed E-state index contributed by atoms with van der Waals surface area (Å²) in [4.78, 5) is 23.3. The number of carboxylic acid groups (broad SMARTS) is 1. The topological polar surface area (TPSA) is 107 Å². The molecule has 1 aliphatic rings. The monoisotopic (exact) mass is 545 g/mol. The van der Waals surface area contributed by atoms with Gasteiger partial charge in [-0.25, -0.2) is 13.2 Å². The number of amides is 1. The van der Waals surface area contributed by atoms with Crippen molar-refractivity contribution in [3.05, 3.63) is 28.7 Å². The van der Waals surface area contributed by atoms with Gasteiger partial charge in [-0.05, 0) is 30.7 Å². The number of halogens is 4. The largest absolute Gasteiger partial charge is 0.490 e. The number of rotatable bonds is 8. The van der Waals surface area contributed by atoms with Crippen molar-refractivity contribution in [1.82, 2.24) is 14.5 Å². The number of unbranched alkanes of at least 4 members (excludes halogenated alkanes) is 1. The molecule has 182 valence electrons. The molecular weight excluding hydrogens is 519 g/mol. The van der Waals surface area contributed by atoms with Crippen molar-refractivity contribution in [1.29, 1.82) is 0 Å². The van der Waals surface area contributed by atoms with Crippen LogP contribution in [0.5, 0.6) is 0 Å². The van der Waals surface area contributed by atoms with E-state index in [0.717, 1.165) is 30.4 Å². The lowest BCUT2D eigenvalue weighted by molar-refractivity contribution is -0.192. The molecule has 1 aliphatic heterocycles. The molecule has 2 rings (SSSR count). The number of carbonyl (C=O) groups is 2. The van der Waals surface area contributed by atoms with E-state index in [9.17, 15) is 26.4 Å². The molecule has 0 aliphatic carbocycles. The van der Waals surface area contributed by atoms with Gasteiger partial charge in [-0.15, -0.1) is 0 Å². The van der Waals surface area contributed by atoms with Gasteiger partial charge in [-0.3, -0.25) is 4.79 Å². The average molecular weight is 546 g/mol. The molecule has 0 saturated carbocycles. The van der Waals surface area contributed by atoms with E-state index in [1.165, 1.54) is 4.31 Å². The van der Waals surface area contributed by atoms with E-state index in [1.54, 1.807) is 29.2 Å². The van der Waals surface area contributed by atoms with Gasteiger partial charge in [0.15, 0.2) is 0 Å². The van der Waals surface area contributed by atoms with Crippen LogP contribution in [0.15, 0.2) is 33.6 Å². The number of carbonyl (C=O) groups excluding carboxylic acids is 1. The third kappa shape index (κ3) is 9.43. The van der Waals surface area contributed by atoms with Crippen LogP contribution in [-0.4, -0.2) is 80.1 Å². The van der Waals surface area contributed by atoms with E-state index < -0.39 is 22.2 Å². The molecule has 32 heavy (non-hydrogen) atoms. The predicted molar refractivity (Wildman–Crippen MR) is 116 cm³/mol. The van der Waals surface area contributed by atoms with Crippen LogP contribution >= 0.6 is 15.9 Å². The molecule has 13 heteroatoms. The Morgan fingerprint density at radius 3 is 2.16 bits per heavy atom. The van der Waals surface area contributed by atoms with E-state index in [1.807, 2.05) is 6.92 Å². The molecule has 0 atom stereocenters. The fourth-order valence-corrected chi connectivity index (χ4v) is 4.48. The summed E-state index contributed by atoms with van der Waals surface area (Å²) in [5.74, 6) is -2.73. The van der Waals surface area contributed by atoms with Crippen molar-refractivity contribution in [2.45, 2.75) is 37.3 Å². The smallest absolute Gasteiger partial charge is 0.475 e. The highest BCUT2D eigenvalue weighted by atomic mass is 79.9. The minimum atomic E-state index is -5.08. The number of hydrogen-bond donors (Lipinski definition) is 2. The zero-order chi connectivity index (χ0) is 24.4. The molecule has 1 aromatic rings. The predicted octanol–water partition coefficient (Wildman–Crippen LogP) is 2.70. The second kappa shape index (κ2) is 13.1. The number of piperazine rings is 1. The first-order chi connectivity index (χ1) is 14.9. The molecular formula is C19H27BrF3N3O5S. The van der Waals surface area contributed by atoms with Gasteiger partial charge in [-0.1, -0.05) is 29.3 Å². The van der Waals surface area contributed by atoms with Crippen LogP contribution < -0.4 is 5.32 Å². The Balaban J connectivity index is 0.000000633. The quantitative estimate of drug-likeness (QED) is 0.520. The van der Waals surface area contributed by atoms with E-state index in [-0.39, 0.29) is 23.8 Å². The number of nitrogens with zero attached hydrogens (tertiary/aromatic N) is 2. The summed E-state index contributed by atoms with van der Waals surface area (Å²) < 4.78 is 59.8. The molecule has 1 aromatic carbocycles. The number of benzene rings is 1. The molecule has 0 aromatic heterocycles. The minimum Gasteiger partial charge on any atom is -0.475 e. The van der Waals surface area contributed by atoms with Crippen molar-refractivity contribution >= 4 is 37.8 Å². The number of aliphatic carboxylic acids is 1. The van der Waals surface area contributed by atoms with Crippen molar-refractivity contribution in [3.63, 3.8) is 0 Å². The van der Waals surface area contributed by atoms with Crippen molar-refractivity contribution in [2.75, 3.05) is 39.3 Å². The Morgan fingerprint density at radius 1 is 1.16 bits per heavy atom. The van der Waals surface area contributed by atoms with Crippen LogP contribution in [0.1, 0.15) is 26.2 Å². The Kier molecular flexibility index (Phi) is 11.6.